The van der Waals surface area contributed by atoms with Crippen LogP contribution in [0.2, 0.25) is 0 Å². The number of aromatic hydroxyl groups is 1. The van der Waals surface area contributed by atoms with E-state index in [-0.39, 0.29) is 42.3 Å². The second kappa shape index (κ2) is 9.84. The van der Waals surface area contributed by atoms with Crippen LogP contribution in [0.25, 0.3) is 0 Å². The van der Waals surface area contributed by atoms with Crippen LogP contribution >= 0.6 is 24.8 Å². The van der Waals surface area contributed by atoms with Crippen LogP contribution in [0.15, 0.2) is 18.2 Å². The molecule has 0 unspecified atom stereocenters. The van der Waals surface area contributed by atoms with Gasteiger partial charge in [0, 0.05) is 38.3 Å². The average molecular weight is 352 g/mol. The first-order valence-corrected chi connectivity index (χ1v) is 7.05. The Hall–Kier alpha value is -1.08. The number of piperazine rings is 1. The summed E-state index contributed by atoms with van der Waals surface area (Å²) in [7, 11) is 0. The molecule has 22 heavy (non-hydrogen) atoms. The zero-order chi connectivity index (χ0) is 14.5. The molecule has 1 heterocycles. The zero-order valence-corrected chi connectivity index (χ0v) is 14.2. The molecule has 0 aliphatic carbocycles. The summed E-state index contributed by atoms with van der Waals surface area (Å²) in [5.74, 6) is -0.269. The molecule has 1 aromatic carbocycles. The fourth-order valence-electron chi connectivity index (χ4n) is 2.72. The third-order valence-corrected chi connectivity index (χ3v) is 3.74. The van der Waals surface area contributed by atoms with Gasteiger partial charge in [-0.2, -0.15) is 0 Å². The van der Waals surface area contributed by atoms with Gasteiger partial charge in [0.2, 0.25) is 0 Å². The molecule has 1 aromatic rings. The van der Waals surface area contributed by atoms with E-state index in [0.717, 1.165) is 44.6 Å². The number of phenolic OH excluding ortho intramolecular Hbond substituents is 1. The highest BCUT2D eigenvalue weighted by atomic mass is 35.5. The van der Waals surface area contributed by atoms with Crippen molar-refractivity contribution >= 4 is 30.5 Å². The molecule has 8 heteroatoms. The molecule has 6 nitrogen and oxygen atoms in total. The van der Waals surface area contributed by atoms with E-state index in [0.29, 0.717) is 0 Å². The largest absolute Gasteiger partial charge is 0.502 e. The van der Waals surface area contributed by atoms with Crippen LogP contribution in [-0.4, -0.2) is 41.1 Å². The van der Waals surface area contributed by atoms with Crippen molar-refractivity contribution in [2.75, 3.05) is 26.2 Å². The Labute approximate surface area is 142 Å². The van der Waals surface area contributed by atoms with Gasteiger partial charge in [0.05, 0.1) is 4.92 Å². The lowest BCUT2D eigenvalue weighted by atomic mass is 9.99. The van der Waals surface area contributed by atoms with E-state index in [1.165, 1.54) is 12.1 Å². The summed E-state index contributed by atoms with van der Waals surface area (Å²) >= 11 is 0. The molecule has 1 atom stereocenters. The second-order valence-electron chi connectivity index (χ2n) is 5.10. The van der Waals surface area contributed by atoms with Crippen LogP contribution in [0.5, 0.6) is 5.75 Å². The number of nitrogens with one attached hydrogen (secondary N) is 1. The summed E-state index contributed by atoms with van der Waals surface area (Å²) in [5, 5.41) is 23.8. The SMILES string of the molecule is CCC[C@@H](c1ccc(O)c([N+](=O)[O-])c1)N1CCNCC1.Cl.Cl. The number of halogens is 2. The highest BCUT2D eigenvalue weighted by Crippen LogP contribution is 2.33. The lowest BCUT2D eigenvalue weighted by molar-refractivity contribution is -0.386. The molecule has 0 spiro atoms. The monoisotopic (exact) mass is 351 g/mol. The Morgan fingerprint density at radius 3 is 2.55 bits per heavy atom. The molecule has 1 fully saturated rings. The van der Waals surface area contributed by atoms with E-state index >= 15 is 0 Å². The first kappa shape index (κ1) is 20.9. The quantitative estimate of drug-likeness (QED) is 0.629. The Morgan fingerprint density at radius 1 is 1.36 bits per heavy atom. The van der Waals surface area contributed by atoms with E-state index < -0.39 is 4.92 Å². The van der Waals surface area contributed by atoms with Gasteiger partial charge in [-0.15, -0.1) is 24.8 Å². The molecule has 0 aromatic heterocycles. The van der Waals surface area contributed by atoms with Gasteiger partial charge in [-0.3, -0.25) is 15.0 Å². The van der Waals surface area contributed by atoms with E-state index in [9.17, 15) is 15.2 Å². The van der Waals surface area contributed by atoms with E-state index in [2.05, 4.69) is 17.1 Å². The van der Waals surface area contributed by atoms with Crippen molar-refractivity contribution in [3.8, 4) is 5.75 Å². The van der Waals surface area contributed by atoms with Crippen LogP contribution in [-0.2, 0) is 0 Å². The molecule has 0 amide bonds. The van der Waals surface area contributed by atoms with Crippen molar-refractivity contribution in [3.63, 3.8) is 0 Å². The van der Waals surface area contributed by atoms with Gasteiger partial charge in [0.25, 0.3) is 0 Å². The standard InChI is InChI=1S/C14H21N3O3.2ClH/c1-2-3-12(16-8-6-15-7-9-16)11-4-5-14(18)13(10-11)17(19)20;;/h4-5,10,12,15,18H,2-3,6-9H2,1H3;2*1H/t12-;;/m0../s1. The molecule has 0 radical (unpaired) electrons. The normalized spacial score (nSPS) is 16.2. The van der Waals surface area contributed by atoms with Crippen molar-refractivity contribution in [3.05, 3.63) is 33.9 Å². The Kier molecular flexibility index (Phi) is 9.36. The number of nitro groups is 1. The lowest BCUT2D eigenvalue weighted by Crippen LogP contribution is -2.45. The van der Waals surface area contributed by atoms with Crippen LogP contribution in [0.3, 0.4) is 0 Å². The molecule has 0 bridgehead atoms. The third kappa shape index (κ3) is 4.98. The summed E-state index contributed by atoms with van der Waals surface area (Å²) in [6.07, 6.45) is 1.98. The molecule has 1 saturated heterocycles. The summed E-state index contributed by atoms with van der Waals surface area (Å²) in [4.78, 5) is 12.8. The highest BCUT2D eigenvalue weighted by molar-refractivity contribution is 5.85. The number of rotatable bonds is 5. The summed E-state index contributed by atoms with van der Waals surface area (Å²) in [6.45, 7) is 5.89. The molecule has 1 aliphatic heterocycles. The van der Waals surface area contributed by atoms with Crippen molar-refractivity contribution in [2.24, 2.45) is 0 Å². The predicted molar refractivity (Wildman–Crippen MR) is 91.3 cm³/mol. The molecular formula is C14H23Cl2N3O3. The maximum Gasteiger partial charge on any atom is 0.311 e. The van der Waals surface area contributed by atoms with Gasteiger partial charge in [0.15, 0.2) is 5.75 Å². The number of hydrogen-bond acceptors (Lipinski definition) is 5. The fraction of sp³-hybridized carbons (Fsp3) is 0.571. The van der Waals surface area contributed by atoms with E-state index in [1.807, 2.05) is 0 Å². The Bertz CT molecular complexity index is 482. The minimum Gasteiger partial charge on any atom is -0.502 e. The number of nitro benzene ring substituents is 1. The first-order chi connectivity index (χ1) is 9.63. The van der Waals surface area contributed by atoms with Crippen molar-refractivity contribution in [1.82, 2.24) is 10.2 Å². The number of nitrogens with zero attached hydrogens (tertiary/aromatic N) is 2. The van der Waals surface area contributed by atoms with Crippen LogP contribution < -0.4 is 5.32 Å². The first-order valence-electron chi connectivity index (χ1n) is 7.05. The molecule has 0 saturated carbocycles. The Balaban J connectivity index is 0.00000220. The zero-order valence-electron chi connectivity index (χ0n) is 12.5. The van der Waals surface area contributed by atoms with E-state index in [4.69, 9.17) is 0 Å². The average Bonchev–Trinajstić information content (AvgIpc) is 2.46. The van der Waals surface area contributed by atoms with Gasteiger partial charge >= 0.3 is 5.69 Å². The van der Waals surface area contributed by atoms with Crippen molar-refractivity contribution < 1.29 is 10.0 Å². The molecule has 2 rings (SSSR count). The van der Waals surface area contributed by atoms with Gasteiger partial charge in [0.1, 0.15) is 0 Å². The van der Waals surface area contributed by atoms with Gasteiger partial charge < -0.3 is 10.4 Å². The maximum absolute atomic E-state index is 11.0. The van der Waals surface area contributed by atoms with Gasteiger partial charge in [-0.1, -0.05) is 19.4 Å². The van der Waals surface area contributed by atoms with Crippen molar-refractivity contribution in [2.45, 2.75) is 25.8 Å². The molecule has 1 aliphatic rings. The topological polar surface area (TPSA) is 78.6 Å². The molecular weight excluding hydrogens is 329 g/mol. The fourth-order valence-corrected chi connectivity index (χ4v) is 2.72. The van der Waals surface area contributed by atoms with Gasteiger partial charge in [-0.05, 0) is 18.1 Å². The highest BCUT2D eigenvalue weighted by Gasteiger charge is 2.24. The number of phenols is 1. The molecule has 126 valence electrons. The van der Waals surface area contributed by atoms with Crippen molar-refractivity contribution in [1.29, 1.82) is 0 Å². The van der Waals surface area contributed by atoms with Crippen LogP contribution in [0.4, 0.5) is 5.69 Å². The van der Waals surface area contributed by atoms with Crippen LogP contribution in [0.1, 0.15) is 31.4 Å². The lowest BCUT2D eigenvalue weighted by Gasteiger charge is -2.35. The summed E-state index contributed by atoms with van der Waals surface area (Å²) in [5.41, 5.74) is 0.706. The smallest absolute Gasteiger partial charge is 0.311 e. The van der Waals surface area contributed by atoms with E-state index in [1.54, 1.807) is 6.07 Å². The summed E-state index contributed by atoms with van der Waals surface area (Å²) < 4.78 is 0. The van der Waals surface area contributed by atoms with Gasteiger partial charge in [-0.25, -0.2) is 0 Å². The minimum absolute atomic E-state index is 0. The van der Waals surface area contributed by atoms with Crippen LogP contribution in [0, 0.1) is 10.1 Å². The molecule has 2 N–H and O–H groups in total. The third-order valence-electron chi connectivity index (χ3n) is 3.74. The second-order valence-corrected chi connectivity index (χ2v) is 5.10. The maximum atomic E-state index is 11.0. The number of benzene rings is 1. The number of hydrogen-bond donors (Lipinski definition) is 2. The minimum atomic E-state index is -0.528. The Morgan fingerprint density at radius 2 is 2.00 bits per heavy atom. The summed E-state index contributed by atoms with van der Waals surface area (Å²) in [6, 6.07) is 4.92. The predicted octanol–water partition coefficient (Wildman–Crippen LogP) is 2.89.